The first-order chi connectivity index (χ1) is 22.7. The molecule has 9 heteroatoms. The molecule has 3 atom stereocenters. The first-order valence-electron chi connectivity index (χ1n) is 17.0. The molecule has 1 aromatic heterocycles. The number of hydrogen-bond acceptors (Lipinski definition) is 7. The number of nitrogens with zero attached hydrogens (tertiary/aromatic N) is 4. The van der Waals surface area contributed by atoms with E-state index < -0.39 is 0 Å². The molecule has 3 aliphatic heterocycles. The standard InChI is InChI=1S/C39H51N5O4/c1-23-24(2)37(45)41(7)19-30(23)28-15-35(47-8)31(36(16-28)48-9)20-42-21-33-34(22-42)44(33)18-26-10-11-27-12-13-43(25(3)29(27)14-26)38(46)32(40)17-39(4,5)6/h10-11,14-17,19,25,33-34H,12-13,18,20-22,40H2,1-9H3/b32-17-/t25-,33?,34?,44?/m0/s1. The van der Waals surface area contributed by atoms with Crippen LogP contribution in [0.1, 0.15) is 67.1 Å². The maximum Gasteiger partial charge on any atom is 0.269 e. The second-order valence-corrected chi connectivity index (χ2v) is 15.0. The summed E-state index contributed by atoms with van der Waals surface area (Å²) in [5, 5.41) is 0. The molecule has 3 aromatic rings. The number of ether oxygens (including phenoxy) is 2. The number of piperazine rings is 1. The lowest BCUT2D eigenvalue weighted by molar-refractivity contribution is -0.129. The quantitative estimate of drug-likeness (QED) is 0.268. The van der Waals surface area contributed by atoms with Crippen molar-refractivity contribution in [2.45, 2.75) is 79.2 Å². The Morgan fingerprint density at radius 2 is 1.65 bits per heavy atom. The molecule has 0 radical (unpaired) electrons. The van der Waals surface area contributed by atoms with Crippen molar-refractivity contribution in [3.8, 4) is 22.6 Å². The fourth-order valence-electron chi connectivity index (χ4n) is 7.74. The summed E-state index contributed by atoms with van der Waals surface area (Å²) >= 11 is 0. The van der Waals surface area contributed by atoms with E-state index in [1.165, 1.54) is 16.7 Å². The normalized spacial score (nSPS) is 22.4. The number of rotatable bonds is 8. The van der Waals surface area contributed by atoms with Crippen LogP contribution in [-0.4, -0.2) is 71.1 Å². The number of carbonyl (C=O) groups is 1. The highest BCUT2D eigenvalue weighted by Gasteiger charge is 2.53. The molecule has 2 N–H and O–H groups in total. The molecule has 0 aliphatic carbocycles. The SMILES string of the molecule is COc1cc(-c2cn(C)c(=O)c(C)c2C)cc(OC)c1CN1CC2C(C1)N2Cc1ccc2c(c1)[C@H](C)N(C(=O)/C(N)=C/C(C)(C)C)CC2. The van der Waals surface area contributed by atoms with Crippen molar-refractivity contribution in [1.82, 2.24) is 19.3 Å². The van der Waals surface area contributed by atoms with Gasteiger partial charge in [0, 0.05) is 69.2 Å². The van der Waals surface area contributed by atoms with Gasteiger partial charge in [0.15, 0.2) is 0 Å². The fourth-order valence-corrected chi connectivity index (χ4v) is 7.74. The number of fused-ring (bicyclic) bond motifs is 2. The lowest BCUT2D eigenvalue weighted by Crippen LogP contribution is -2.41. The monoisotopic (exact) mass is 653 g/mol. The molecule has 256 valence electrons. The van der Waals surface area contributed by atoms with Gasteiger partial charge in [0.25, 0.3) is 11.5 Å². The van der Waals surface area contributed by atoms with Crippen LogP contribution in [0.5, 0.6) is 11.5 Å². The Balaban J connectivity index is 1.12. The van der Waals surface area contributed by atoms with Crippen LogP contribution in [0.25, 0.3) is 11.1 Å². The largest absolute Gasteiger partial charge is 0.496 e. The number of nitrogens with two attached hydrogens (primary N) is 1. The molecule has 2 unspecified atom stereocenters. The van der Waals surface area contributed by atoms with Gasteiger partial charge in [0.2, 0.25) is 0 Å². The number of aryl methyl sites for hydroxylation is 1. The van der Waals surface area contributed by atoms with Gasteiger partial charge < -0.3 is 24.7 Å². The zero-order valence-electron chi connectivity index (χ0n) is 30.0. The summed E-state index contributed by atoms with van der Waals surface area (Å²) in [5.41, 5.74) is 15.0. The summed E-state index contributed by atoms with van der Waals surface area (Å²) in [5.74, 6) is 1.51. The zero-order valence-corrected chi connectivity index (χ0v) is 30.0. The second kappa shape index (κ2) is 12.7. The van der Waals surface area contributed by atoms with Gasteiger partial charge in [0.05, 0.1) is 31.5 Å². The van der Waals surface area contributed by atoms with Gasteiger partial charge in [-0.3, -0.25) is 19.4 Å². The van der Waals surface area contributed by atoms with Crippen molar-refractivity contribution < 1.29 is 14.3 Å². The molecule has 2 aromatic carbocycles. The van der Waals surface area contributed by atoms with E-state index in [0.717, 1.165) is 71.9 Å². The molecule has 9 nitrogen and oxygen atoms in total. The molecule has 2 saturated heterocycles. The van der Waals surface area contributed by atoms with Crippen LogP contribution in [0.4, 0.5) is 0 Å². The number of benzene rings is 2. The van der Waals surface area contributed by atoms with E-state index >= 15 is 0 Å². The highest BCUT2D eigenvalue weighted by atomic mass is 16.5. The first-order valence-corrected chi connectivity index (χ1v) is 17.0. The molecule has 0 saturated carbocycles. The second-order valence-electron chi connectivity index (χ2n) is 15.0. The summed E-state index contributed by atoms with van der Waals surface area (Å²) < 4.78 is 13.5. The van der Waals surface area contributed by atoms with Crippen molar-refractivity contribution in [2.75, 3.05) is 33.9 Å². The lowest BCUT2D eigenvalue weighted by atomic mass is 9.91. The average molecular weight is 654 g/mol. The number of amides is 1. The Kier molecular flexibility index (Phi) is 8.98. The minimum Gasteiger partial charge on any atom is -0.496 e. The van der Waals surface area contributed by atoms with E-state index in [0.29, 0.717) is 24.3 Å². The molecule has 2 fully saturated rings. The number of methoxy groups -OCH3 is 2. The Morgan fingerprint density at radius 1 is 1.00 bits per heavy atom. The van der Waals surface area contributed by atoms with Gasteiger partial charge in [-0.1, -0.05) is 45.0 Å². The Morgan fingerprint density at radius 3 is 2.25 bits per heavy atom. The maximum absolute atomic E-state index is 13.3. The van der Waals surface area contributed by atoms with Crippen LogP contribution < -0.4 is 20.8 Å². The van der Waals surface area contributed by atoms with Crippen molar-refractivity contribution in [3.05, 3.63) is 92.0 Å². The highest BCUT2D eigenvalue weighted by Crippen LogP contribution is 2.42. The first kappa shape index (κ1) is 33.8. The summed E-state index contributed by atoms with van der Waals surface area (Å²) in [4.78, 5) is 32.7. The summed E-state index contributed by atoms with van der Waals surface area (Å²) in [7, 11) is 5.20. The van der Waals surface area contributed by atoms with Crippen molar-refractivity contribution in [1.29, 1.82) is 0 Å². The van der Waals surface area contributed by atoms with E-state index in [9.17, 15) is 9.59 Å². The number of allylic oxidation sites excluding steroid dienone is 1. The van der Waals surface area contributed by atoms with E-state index in [4.69, 9.17) is 15.2 Å². The third-order valence-electron chi connectivity index (χ3n) is 10.5. The molecule has 4 heterocycles. The Hall–Kier alpha value is -4.08. The van der Waals surface area contributed by atoms with E-state index in [2.05, 4.69) is 67.8 Å². The van der Waals surface area contributed by atoms with Crippen molar-refractivity contribution >= 4 is 5.91 Å². The van der Waals surface area contributed by atoms with Gasteiger partial charge in [-0.05, 0) is 72.6 Å². The highest BCUT2D eigenvalue weighted by molar-refractivity contribution is 5.93. The van der Waals surface area contributed by atoms with Crippen LogP contribution in [0.2, 0.25) is 0 Å². The van der Waals surface area contributed by atoms with E-state index in [1.54, 1.807) is 25.8 Å². The third kappa shape index (κ3) is 6.38. The van der Waals surface area contributed by atoms with Gasteiger partial charge in [-0.15, -0.1) is 0 Å². The minimum absolute atomic E-state index is 0.0168. The average Bonchev–Trinajstić information content (AvgIpc) is 3.47. The van der Waals surface area contributed by atoms with Crippen molar-refractivity contribution in [2.24, 2.45) is 18.2 Å². The summed E-state index contributed by atoms with van der Waals surface area (Å²) in [6.07, 6.45) is 4.60. The minimum atomic E-state index is -0.150. The third-order valence-corrected chi connectivity index (χ3v) is 10.5. The summed E-state index contributed by atoms with van der Waals surface area (Å²) in [6.45, 7) is 16.5. The van der Waals surface area contributed by atoms with Gasteiger partial charge in [-0.25, -0.2) is 0 Å². The predicted octanol–water partition coefficient (Wildman–Crippen LogP) is 5.09. The molecule has 0 bridgehead atoms. The topological polar surface area (TPSA) is 93.0 Å². The van der Waals surface area contributed by atoms with Gasteiger partial charge in [-0.2, -0.15) is 0 Å². The molecular formula is C39H51N5O4. The Bertz CT molecular complexity index is 1800. The molecule has 1 amide bonds. The fraction of sp³-hybridized carbons (Fsp3) is 0.487. The lowest BCUT2D eigenvalue weighted by Gasteiger charge is -2.36. The number of likely N-dealkylation sites (tertiary alicyclic amines) is 1. The smallest absolute Gasteiger partial charge is 0.269 e. The number of hydrogen-bond donors (Lipinski definition) is 1. The van der Waals surface area contributed by atoms with Crippen LogP contribution >= 0.6 is 0 Å². The molecule has 0 spiro atoms. The predicted molar refractivity (Wildman–Crippen MR) is 190 cm³/mol. The van der Waals surface area contributed by atoms with E-state index in [1.807, 2.05) is 31.0 Å². The summed E-state index contributed by atoms with van der Waals surface area (Å²) in [6, 6.07) is 12.0. The Labute approximate surface area is 284 Å². The molecule has 3 aliphatic rings. The number of aromatic nitrogens is 1. The van der Waals surface area contributed by atoms with Crippen molar-refractivity contribution in [3.63, 3.8) is 0 Å². The molecular weight excluding hydrogens is 602 g/mol. The van der Waals surface area contributed by atoms with Crippen LogP contribution in [0.15, 0.2) is 53.1 Å². The number of carbonyl (C=O) groups excluding carboxylic acids is 1. The molecule has 48 heavy (non-hydrogen) atoms. The zero-order chi connectivity index (χ0) is 34.7. The van der Waals surface area contributed by atoms with Crippen LogP contribution in [0, 0.1) is 19.3 Å². The number of pyridine rings is 1. The van der Waals surface area contributed by atoms with Crippen LogP contribution in [0.3, 0.4) is 0 Å². The van der Waals surface area contributed by atoms with Gasteiger partial charge in [0.1, 0.15) is 11.5 Å². The van der Waals surface area contributed by atoms with Gasteiger partial charge >= 0.3 is 0 Å². The maximum atomic E-state index is 13.3. The van der Waals surface area contributed by atoms with E-state index in [-0.39, 0.29) is 22.9 Å². The van der Waals surface area contributed by atoms with Crippen LogP contribution in [-0.2, 0) is 31.4 Å². The molecule has 6 rings (SSSR count).